The third-order valence-corrected chi connectivity index (χ3v) is 6.57. The predicted octanol–water partition coefficient (Wildman–Crippen LogP) is -0.560. The maximum absolute atomic E-state index is 12.3. The Morgan fingerprint density at radius 3 is 2.92 bits per heavy atom. The molecule has 1 aromatic rings. The minimum atomic E-state index is -1.07. The molecule has 1 amide bonds. The standard InChI is InChI=1S/C15H18N4O4S/c1-7-11-10(8(2)20)14(21)19(11)12(15(22)23)13(7)24-9-3-17-5-16-6-18(17)4-9/h5-11,20H,3-4H2,1-2H3/p+1/t7-,8+,10+,11+/m0/s1. The molecular weight excluding hydrogens is 332 g/mol. The Hall–Kier alpha value is -1.87. The molecule has 0 aromatic carbocycles. The van der Waals surface area contributed by atoms with Crippen molar-refractivity contribution in [1.29, 1.82) is 0 Å². The smallest absolute Gasteiger partial charge is 0.353 e. The molecule has 0 spiro atoms. The van der Waals surface area contributed by atoms with Gasteiger partial charge in [-0.15, -0.1) is 11.8 Å². The molecule has 0 radical (unpaired) electrons. The number of aliphatic carboxylic acids is 1. The normalized spacial score (nSPS) is 32.6. The molecule has 3 aliphatic heterocycles. The van der Waals surface area contributed by atoms with Gasteiger partial charge in [0.1, 0.15) is 12.2 Å². The second kappa shape index (κ2) is 5.32. The number of aromatic nitrogens is 3. The molecule has 8 nitrogen and oxygen atoms in total. The number of thioether (sulfide) groups is 1. The van der Waals surface area contributed by atoms with E-state index in [-0.39, 0.29) is 28.8 Å². The minimum absolute atomic E-state index is 0.0820. The number of rotatable bonds is 4. The van der Waals surface area contributed by atoms with E-state index < -0.39 is 18.0 Å². The van der Waals surface area contributed by atoms with E-state index in [1.54, 1.807) is 19.6 Å². The SMILES string of the molecule is C[C@@H]1C(SC2Cn3cnc[n+]3C2)=C(C(=O)O)N2C(=O)[C@H]([C@@H](C)O)[C@@H]12. The number of hydrogen-bond acceptors (Lipinski definition) is 5. The van der Waals surface area contributed by atoms with Crippen LogP contribution >= 0.6 is 11.8 Å². The molecule has 1 saturated heterocycles. The van der Waals surface area contributed by atoms with Crippen molar-refractivity contribution in [2.75, 3.05) is 0 Å². The number of β-lactam (4-membered cyclic amide) rings is 1. The zero-order chi connectivity index (χ0) is 17.2. The summed E-state index contributed by atoms with van der Waals surface area (Å²) in [6.07, 6.45) is 2.74. The molecule has 3 aliphatic rings. The first-order valence-corrected chi connectivity index (χ1v) is 8.83. The summed E-state index contributed by atoms with van der Waals surface area (Å²) in [4.78, 5) is 30.3. The van der Waals surface area contributed by atoms with Crippen molar-refractivity contribution in [2.45, 2.75) is 44.3 Å². The molecule has 0 aliphatic carbocycles. The van der Waals surface area contributed by atoms with Crippen LogP contribution in [0.3, 0.4) is 0 Å². The molecule has 4 rings (SSSR count). The van der Waals surface area contributed by atoms with Gasteiger partial charge in [0, 0.05) is 10.8 Å². The van der Waals surface area contributed by atoms with Gasteiger partial charge in [-0.25, -0.2) is 4.79 Å². The molecule has 0 saturated carbocycles. The highest BCUT2D eigenvalue weighted by molar-refractivity contribution is 8.03. The van der Waals surface area contributed by atoms with Gasteiger partial charge in [-0.2, -0.15) is 9.36 Å². The van der Waals surface area contributed by atoms with E-state index in [1.165, 1.54) is 16.7 Å². The summed E-state index contributed by atoms with van der Waals surface area (Å²) < 4.78 is 3.99. The van der Waals surface area contributed by atoms with E-state index in [4.69, 9.17) is 0 Å². The van der Waals surface area contributed by atoms with E-state index in [1.807, 2.05) is 16.3 Å². The summed E-state index contributed by atoms with van der Waals surface area (Å²) in [6.45, 7) is 5.05. The van der Waals surface area contributed by atoms with Crippen LogP contribution in [-0.2, 0) is 22.7 Å². The number of hydrogen-bond donors (Lipinski definition) is 2. The number of fused-ring (bicyclic) bond motifs is 2. The van der Waals surface area contributed by atoms with Gasteiger partial charge in [0.05, 0.1) is 29.9 Å². The average molecular weight is 351 g/mol. The van der Waals surface area contributed by atoms with E-state index in [9.17, 15) is 19.8 Å². The Balaban J connectivity index is 1.61. The highest BCUT2D eigenvalue weighted by atomic mass is 32.2. The maximum Gasteiger partial charge on any atom is 0.353 e. The Morgan fingerprint density at radius 2 is 2.29 bits per heavy atom. The number of carbonyl (C=O) groups excluding carboxylic acids is 1. The lowest BCUT2D eigenvalue weighted by molar-refractivity contribution is -0.758. The Morgan fingerprint density at radius 1 is 1.54 bits per heavy atom. The molecule has 1 aromatic heterocycles. The molecule has 0 bridgehead atoms. The van der Waals surface area contributed by atoms with Gasteiger partial charge in [-0.3, -0.25) is 4.79 Å². The molecule has 1 fully saturated rings. The van der Waals surface area contributed by atoms with Crippen LogP contribution in [-0.4, -0.2) is 54.1 Å². The van der Waals surface area contributed by atoms with Gasteiger partial charge in [-0.1, -0.05) is 6.92 Å². The van der Waals surface area contributed by atoms with Gasteiger partial charge in [0.15, 0.2) is 0 Å². The van der Waals surface area contributed by atoms with Crippen molar-refractivity contribution in [3.8, 4) is 0 Å². The molecule has 0 unspecified atom stereocenters. The number of carbonyl (C=O) groups is 2. The predicted molar refractivity (Wildman–Crippen MR) is 83.4 cm³/mol. The summed E-state index contributed by atoms with van der Waals surface area (Å²) in [5.74, 6) is -1.95. The third-order valence-electron chi connectivity index (χ3n) is 5.12. The van der Waals surface area contributed by atoms with Crippen molar-refractivity contribution in [1.82, 2.24) is 14.6 Å². The van der Waals surface area contributed by atoms with Crippen LogP contribution in [0.5, 0.6) is 0 Å². The number of carboxylic acids is 1. The molecule has 4 atom stereocenters. The largest absolute Gasteiger partial charge is 0.477 e. The van der Waals surface area contributed by atoms with E-state index in [0.717, 1.165) is 18.0 Å². The van der Waals surface area contributed by atoms with Crippen molar-refractivity contribution in [3.05, 3.63) is 23.3 Å². The Bertz CT molecular complexity index is 738. The third kappa shape index (κ3) is 2.04. The quantitative estimate of drug-likeness (QED) is 0.557. The highest BCUT2D eigenvalue weighted by Crippen LogP contribution is 2.51. The van der Waals surface area contributed by atoms with E-state index in [2.05, 4.69) is 4.98 Å². The first-order chi connectivity index (χ1) is 11.4. The minimum Gasteiger partial charge on any atom is -0.477 e. The Labute approximate surface area is 142 Å². The topological polar surface area (TPSA) is 99.5 Å². The van der Waals surface area contributed by atoms with Crippen LogP contribution in [0.2, 0.25) is 0 Å². The number of aliphatic hydroxyl groups is 1. The molecular formula is C15H19N4O4S+. The number of amides is 1. The molecule has 4 heterocycles. The molecule has 128 valence electrons. The lowest BCUT2D eigenvalue weighted by Gasteiger charge is -2.46. The molecule has 24 heavy (non-hydrogen) atoms. The maximum atomic E-state index is 12.3. The van der Waals surface area contributed by atoms with Crippen molar-refractivity contribution in [2.24, 2.45) is 11.8 Å². The second-order valence-corrected chi connectivity index (χ2v) is 7.98. The number of nitrogens with zero attached hydrogens (tertiary/aromatic N) is 4. The van der Waals surface area contributed by atoms with Crippen molar-refractivity contribution in [3.63, 3.8) is 0 Å². The van der Waals surface area contributed by atoms with Gasteiger partial charge in [-0.05, 0) is 11.9 Å². The lowest BCUT2D eigenvalue weighted by Crippen LogP contribution is -2.63. The fraction of sp³-hybridized carbons (Fsp3) is 0.600. The lowest BCUT2D eigenvalue weighted by atomic mass is 9.79. The zero-order valence-electron chi connectivity index (χ0n) is 13.4. The van der Waals surface area contributed by atoms with Gasteiger partial charge < -0.3 is 15.1 Å². The molecule has 9 heteroatoms. The fourth-order valence-electron chi connectivity index (χ4n) is 4.03. The van der Waals surface area contributed by atoms with E-state index >= 15 is 0 Å². The van der Waals surface area contributed by atoms with Crippen molar-refractivity contribution < 1.29 is 24.5 Å². The van der Waals surface area contributed by atoms with Gasteiger partial charge in [0.25, 0.3) is 0 Å². The van der Waals surface area contributed by atoms with Gasteiger partial charge >= 0.3 is 12.3 Å². The average Bonchev–Trinajstić information content (AvgIpc) is 3.12. The summed E-state index contributed by atoms with van der Waals surface area (Å²) >= 11 is 1.54. The number of carboxylic acid groups (broad SMARTS) is 1. The van der Waals surface area contributed by atoms with Gasteiger partial charge in [0.2, 0.25) is 12.2 Å². The summed E-state index contributed by atoms with van der Waals surface area (Å²) in [6, 6.07) is -0.249. The van der Waals surface area contributed by atoms with Crippen LogP contribution < -0.4 is 4.68 Å². The number of aliphatic hydroxyl groups excluding tert-OH is 1. The zero-order valence-corrected chi connectivity index (χ0v) is 14.2. The van der Waals surface area contributed by atoms with Crippen LogP contribution in [0.1, 0.15) is 13.8 Å². The van der Waals surface area contributed by atoms with Crippen LogP contribution in [0.25, 0.3) is 0 Å². The first-order valence-electron chi connectivity index (χ1n) is 7.95. The first kappa shape index (κ1) is 15.6. The fourth-order valence-corrected chi connectivity index (χ4v) is 5.49. The monoisotopic (exact) mass is 351 g/mol. The van der Waals surface area contributed by atoms with E-state index in [0.29, 0.717) is 0 Å². The highest BCUT2D eigenvalue weighted by Gasteiger charge is 2.60. The van der Waals surface area contributed by atoms with Crippen molar-refractivity contribution >= 4 is 23.6 Å². The van der Waals surface area contributed by atoms with Crippen LogP contribution in [0.4, 0.5) is 0 Å². The molecule has 2 N–H and O–H groups in total. The second-order valence-electron chi connectivity index (χ2n) is 6.64. The van der Waals surface area contributed by atoms with Crippen LogP contribution in [0, 0.1) is 11.8 Å². The van der Waals surface area contributed by atoms with Crippen LogP contribution in [0.15, 0.2) is 23.3 Å². The summed E-state index contributed by atoms with van der Waals surface area (Å²) in [5, 5.41) is 19.7. The summed E-state index contributed by atoms with van der Waals surface area (Å²) in [5.41, 5.74) is 0.0964. The Kier molecular flexibility index (Phi) is 3.47. The summed E-state index contributed by atoms with van der Waals surface area (Å²) in [7, 11) is 0.